The van der Waals surface area contributed by atoms with Gasteiger partial charge in [-0.3, -0.25) is 33.7 Å². The average Bonchev–Trinajstić information content (AvgIpc) is 3.89. The van der Waals surface area contributed by atoms with Gasteiger partial charge in [0.25, 0.3) is 5.91 Å². The molecule has 0 radical (unpaired) electrons. The molecule has 0 spiro atoms. The van der Waals surface area contributed by atoms with Crippen LogP contribution in [0, 0.1) is 0 Å². The minimum absolute atomic E-state index is 0.0298. The molecule has 4 fully saturated rings. The van der Waals surface area contributed by atoms with Gasteiger partial charge in [0, 0.05) is 77.4 Å². The third-order valence-corrected chi connectivity index (χ3v) is 12.3. The zero-order chi connectivity index (χ0) is 38.0. The molecule has 15 heteroatoms. The minimum Gasteiger partial charge on any atom is -0.368 e. The number of imide groups is 1. The highest BCUT2D eigenvalue weighted by molar-refractivity contribution is 6.00. The minimum atomic E-state index is -0.684. The number of rotatable bonds is 8. The lowest BCUT2D eigenvalue weighted by atomic mass is 9.74. The second-order valence-corrected chi connectivity index (χ2v) is 15.8. The van der Waals surface area contributed by atoms with Gasteiger partial charge in [0.05, 0.1) is 22.9 Å². The molecular weight excluding hydrogens is 699 g/mol. The predicted octanol–water partition coefficient (Wildman–Crippen LogP) is 4.09. The monoisotopic (exact) mass is 745 g/mol. The Kier molecular flexibility index (Phi) is 8.90. The average molecular weight is 746 g/mol. The molecule has 1 aromatic carbocycles. The van der Waals surface area contributed by atoms with Crippen molar-refractivity contribution in [1.82, 2.24) is 43.8 Å². The Morgan fingerprint density at radius 3 is 2.40 bits per heavy atom. The number of fused-ring (bicyclic) bond motifs is 2. The van der Waals surface area contributed by atoms with E-state index in [9.17, 15) is 19.2 Å². The number of piperidine rings is 1. The maximum atomic E-state index is 13.4. The molecule has 2 saturated heterocycles. The van der Waals surface area contributed by atoms with Crippen LogP contribution in [0.1, 0.15) is 85.4 Å². The number of nitrogens with zero attached hydrogens (tertiary/aromatic N) is 9. The van der Waals surface area contributed by atoms with E-state index < -0.39 is 11.9 Å². The van der Waals surface area contributed by atoms with E-state index in [1.54, 1.807) is 41.4 Å². The number of carbonyl (C=O) groups is 3. The Bertz CT molecular complexity index is 2360. The van der Waals surface area contributed by atoms with E-state index in [1.807, 2.05) is 30.5 Å². The molecule has 0 bridgehead atoms. The third-order valence-electron chi connectivity index (χ3n) is 12.3. The summed E-state index contributed by atoms with van der Waals surface area (Å²) in [6.45, 7) is 3.72. The number of para-hydroxylation sites is 1. The van der Waals surface area contributed by atoms with Gasteiger partial charge in [-0.25, -0.2) is 14.8 Å². The molecule has 9 rings (SSSR count). The number of benzene rings is 1. The highest BCUT2D eigenvalue weighted by atomic mass is 16.2. The van der Waals surface area contributed by atoms with Crippen molar-refractivity contribution in [2.75, 3.05) is 50.5 Å². The first-order chi connectivity index (χ1) is 26.6. The van der Waals surface area contributed by atoms with Crippen molar-refractivity contribution in [3.05, 3.63) is 70.5 Å². The van der Waals surface area contributed by atoms with Gasteiger partial charge in [-0.2, -0.15) is 4.98 Å². The quantitative estimate of drug-likeness (QED) is 0.222. The van der Waals surface area contributed by atoms with Crippen LogP contribution in [0.15, 0.2) is 53.6 Å². The molecule has 2 aliphatic heterocycles. The SMILES string of the molecule is CN(C)C(=O)c1cc2cnc(Nc3ccc(N4CCN(C5CC(c6cccc7c6n(C)c(=O)n7[C@H]6CCC(=O)NC6=O)C5)CC4)cn3)nc2n1C1CCCC1. The van der Waals surface area contributed by atoms with Gasteiger partial charge in [0.2, 0.25) is 17.8 Å². The standard InChI is InChI=1S/C40H47N11O4/c1-46(2)38(54)32-21-25-22-42-39(45-36(25)50(32)26-7-4-5-8-26)43-33-13-11-27(23-41-33)48-15-17-49(18-16-48)28-19-24(20-28)29-9-6-10-30-35(29)47(3)40(55)51(30)31-12-14-34(52)44-37(31)53/h6,9-11,13,21-24,26,28,31H,4-5,7-8,12,14-20H2,1-3H3,(H,44,52,53)(H,41,42,43,45)/t24?,28?,31-/m0/s1. The second kappa shape index (κ2) is 13.9. The largest absolute Gasteiger partial charge is 0.368 e. The molecule has 4 aliphatic rings. The van der Waals surface area contributed by atoms with Gasteiger partial charge in [0.15, 0.2) is 0 Å². The first-order valence-electron chi connectivity index (χ1n) is 19.5. The van der Waals surface area contributed by atoms with Gasteiger partial charge in [0.1, 0.15) is 23.2 Å². The molecule has 2 N–H and O–H groups in total. The first kappa shape index (κ1) is 35.2. The van der Waals surface area contributed by atoms with E-state index >= 15 is 0 Å². The zero-order valence-electron chi connectivity index (χ0n) is 31.6. The molecule has 286 valence electrons. The number of amides is 3. The number of pyridine rings is 1. The van der Waals surface area contributed by atoms with Crippen molar-refractivity contribution in [3.8, 4) is 0 Å². The molecule has 2 saturated carbocycles. The maximum Gasteiger partial charge on any atom is 0.329 e. The summed E-state index contributed by atoms with van der Waals surface area (Å²) in [6.07, 6.45) is 10.6. The highest BCUT2D eigenvalue weighted by Gasteiger charge is 2.38. The number of aryl methyl sites for hydroxylation is 1. The van der Waals surface area contributed by atoms with Crippen LogP contribution in [0.4, 0.5) is 17.5 Å². The van der Waals surface area contributed by atoms with Crippen molar-refractivity contribution in [3.63, 3.8) is 0 Å². The molecule has 4 aromatic heterocycles. The molecule has 0 unspecified atom stereocenters. The van der Waals surface area contributed by atoms with Crippen LogP contribution < -0.4 is 21.2 Å². The number of hydrogen-bond donors (Lipinski definition) is 2. The highest BCUT2D eigenvalue weighted by Crippen LogP contribution is 2.43. The molecule has 5 aromatic rings. The molecular formula is C40H47N11O4. The van der Waals surface area contributed by atoms with E-state index in [0.717, 1.165) is 98.0 Å². The topological polar surface area (TPSA) is 156 Å². The fourth-order valence-electron chi connectivity index (χ4n) is 9.27. The number of piperazine rings is 1. The van der Waals surface area contributed by atoms with Crippen molar-refractivity contribution < 1.29 is 14.4 Å². The summed E-state index contributed by atoms with van der Waals surface area (Å²) in [6, 6.07) is 12.0. The zero-order valence-corrected chi connectivity index (χ0v) is 31.6. The number of nitrogens with one attached hydrogen (secondary N) is 2. The Morgan fingerprint density at radius 1 is 0.909 bits per heavy atom. The van der Waals surface area contributed by atoms with E-state index in [-0.39, 0.29) is 30.0 Å². The number of hydrogen-bond acceptors (Lipinski definition) is 10. The molecule has 2 aliphatic carbocycles. The maximum absolute atomic E-state index is 13.4. The Labute approximate surface area is 318 Å². The molecule has 55 heavy (non-hydrogen) atoms. The molecule has 15 nitrogen and oxygen atoms in total. The Morgan fingerprint density at radius 2 is 1.69 bits per heavy atom. The second-order valence-electron chi connectivity index (χ2n) is 15.8. The summed E-state index contributed by atoms with van der Waals surface area (Å²) >= 11 is 0. The van der Waals surface area contributed by atoms with Crippen LogP contribution in [0.2, 0.25) is 0 Å². The van der Waals surface area contributed by atoms with Crippen molar-refractivity contribution in [1.29, 1.82) is 0 Å². The van der Waals surface area contributed by atoms with E-state index in [0.29, 0.717) is 35.8 Å². The number of imidazole rings is 1. The van der Waals surface area contributed by atoms with Gasteiger partial charge >= 0.3 is 5.69 Å². The van der Waals surface area contributed by atoms with Crippen LogP contribution in [-0.2, 0) is 16.6 Å². The molecule has 6 heterocycles. The third kappa shape index (κ3) is 6.23. The Balaban J connectivity index is 0.828. The summed E-state index contributed by atoms with van der Waals surface area (Å²) in [5, 5.41) is 6.53. The summed E-state index contributed by atoms with van der Waals surface area (Å²) in [7, 11) is 5.33. The van der Waals surface area contributed by atoms with Crippen LogP contribution in [-0.4, -0.2) is 102 Å². The van der Waals surface area contributed by atoms with E-state index in [4.69, 9.17) is 9.97 Å². The first-order valence-corrected chi connectivity index (χ1v) is 19.5. The van der Waals surface area contributed by atoms with Crippen LogP contribution >= 0.6 is 0 Å². The lowest BCUT2D eigenvalue weighted by molar-refractivity contribution is -0.135. The van der Waals surface area contributed by atoms with Crippen molar-refractivity contribution in [2.45, 2.75) is 75.4 Å². The summed E-state index contributed by atoms with van der Waals surface area (Å²) in [5.41, 5.74) is 5.05. The number of carbonyl (C=O) groups excluding carboxylic acids is 3. The fraction of sp³-hybridized carbons (Fsp3) is 0.475. The summed E-state index contributed by atoms with van der Waals surface area (Å²) < 4.78 is 5.36. The van der Waals surface area contributed by atoms with Gasteiger partial charge < -0.3 is 19.7 Å². The fourth-order valence-corrected chi connectivity index (χ4v) is 9.27. The van der Waals surface area contributed by atoms with Gasteiger partial charge in [-0.1, -0.05) is 25.0 Å². The predicted molar refractivity (Wildman–Crippen MR) is 209 cm³/mol. The smallest absolute Gasteiger partial charge is 0.329 e. The van der Waals surface area contributed by atoms with Crippen LogP contribution in [0.5, 0.6) is 0 Å². The lowest BCUT2D eigenvalue weighted by Gasteiger charge is -2.47. The van der Waals surface area contributed by atoms with E-state index in [1.165, 1.54) is 0 Å². The van der Waals surface area contributed by atoms with Crippen molar-refractivity contribution in [2.24, 2.45) is 7.05 Å². The molecule has 3 amide bonds. The normalized spacial score (nSPS) is 22.3. The summed E-state index contributed by atoms with van der Waals surface area (Å²) in [4.78, 5) is 71.7. The lowest BCUT2D eigenvalue weighted by Crippen LogP contribution is -2.53. The van der Waals surface area contributed by atoms with Crippen molar-refractivity contribution >= 4 is 57.2 Å². The van der Waals surface area contributed by atoms with Gasteiger partial charge in [-0.05, 0) is 67.9 Å². The van der Waals surface area contributed by atoms with E-state index in [2.05, 4.69) is 42.1 Å². The Hall–Kier alpha value is -5.57. The van der Waals surface area contributed by atoms with Crippen LogP contribution in [0.3, 0.4) is 0 Å². The van der Waals surface area contributed by atoms with Crippen LogP contribution in [0.25, 0.3) is 22.1 Å². The van der Waals surface area contributed by atoms with Gasteiger partial charge in [-0.15, -0.1) is 0 Å². The number of aromatic nitrogens is 6. The molecule has 1 atom stereocenters. The number of anilines is 3. The summed E-state index contributed by atoms with van der Waals surface area (Å²) in [5.74, 6) is 0.708.